The molecule has 0 aliphatic rings. The van der Waals surface area contributed by atoms with Crippen LogP contribution in [0.25, 0.3) is 0 Å². The minimum Gasteiger partial charge on any atom is -0.340 e. The second kappa shape index (κ2) is 3.86. The number of aryl methyl sites for hydroxylation is 1. The van der Waals surface area contributed by atoms with Crippen LogP contribution in [0, 0.1) is 11.3 Å². The molecule has 0 aliphatic heterocycles. The van der Waals surface area contributed by atoms with Crippen LogP contribution >= 0.6 is 0 Å². The van der Waals surface area contributed by atoms with Gasteiger partial charge in [0.15, 0.2) is 0 Å². The molecule has 0 atom stereocenters. The third kappa shape index (κ3) is 1.76. The Bertz CT molecular complexity index is 561. The van der Waals surface area contributed by atoms with Crippen molar-refractivity contribution in [1.29, 1.82) is 5.26 Å². The van der Waals surface area contributed by atoms with Gasteiger partial charge in [-0.25, -0.2) is 4.98 Å². The topological polar surface area (TPSA) is 99.4 Å². The molecule has 1 amide bonds. The minimum absolute atomic E-state index is 0.276. The molecular weight excluding hydrogens is 208 g/mol. The van der Waals surface area contributed by atoms with Gasteiger partial charge in [-0.1, -0.05) is 0 Å². The summed E-state index contributed by atoms with van der Waals surface area (Å²) in [4.78, 5) is 15.5. The predicted molar refractivity (Wildman–Crippen MR) is 54.5 cm³/mol. The average Bonchev–Trinajstić information content (AvgIpc) is 2.86. The number of nitriles is 1. The molecule has 0 saturated carbocycles. The lowest BCUT2D eigenvalue weighted by molar-refractivity contribution is 0.102. The maximum absolute atomic E-state index is 11.6. The molecule has 2 aromatic rings. The number of carbonyl (C=O) groups excluding carboxylic acids is 1. The lowest BCUT2D eigenvalue weighted by atomic mass is 10.3. The number of H-pyrrole nitrogens is 1. The monoisotopic (exact) mass is 216 g/mol. The lowest BCUT2D eigenvalue weighted by Crippen LogP contribution is -2.13. The number of hydrogen-bond donors (Lipinski definition) is 2. The average molecular weight is 216 g/mol. The summed E-state index contributed by atoms with van der Waals surface area (Å²) in [5.74, 6) is -0.112. The number of imidazole rings is 1. The van der Waals surface area contributed by atoms with E-state index in [1.807, 2.05) is 6.07 Å². The van der Waals surface area contributed by atoms with E-state index in [0.29, 0.717) is 0 Å². The third-order valence-electron chi connectivity index (χ3n) is 1.94. The molecule has 2 heterocycles. The van der Waals surface area contributed by atoms with Gasteiger partial charge in [0.25, 0.3) is 5.91 Å². The number of aromatic amines is 1. The molecule has 2 N–H and O–H groups in total. The molecule has 0 unspecified atom stereocenters. The van der Waals surface area contributed by atoms with Crippen molar-refractivity contribution in [1.82, 2.24) is 19.7 Å². The molecule has 0 radical (unpaired) electrons. The number of amides is 1. The van der Waals surface area contributed by atoms with Gasteiger partial charge in [0.1, 0.15) is 23.1 Å². The van der Waals surface area contributed by atoms with Crippen molar-refractivity contribution >= 4 is 11.7 Å². The van der Waals surface area contributed by atoms with Crippen molar-refractivity contribution in [2.45, 2.75) is 0 Å². The zero-order valence-corrected chi connectivity index (χ0v) is 8.43. The van der Waals surface area contributed by atoms with Crippen molar-refractivity contribution in [3.05, 3.63) is 30.0 Å². The Morgan fingerprint density at radius 1 is 1.69 bits per heavy atom. The Kier molecular flexibility index (Phi) is 2.39. The van der Waals surface area contributed by atoms with Gasteiger partial charge in [0.05, 0.1) is 12.5 Å². The van der Waals surface area contributed by atoms with Gasteiger partial charge in [0.2, 0.25) is 0 Å². The summed E-state index contributed by atoms with van der Waals surface area (Å²) in [6.45, 7) is 0. The minimum atomic E-state index is -0.388. The molecule has 16 heavy (non-hydrogen) atoms. The van der Waals surface area contributed by atoms with Crippen LogP contribution in [0.2, 0.25) is 0 Å². The van der Waals surface area contributed by atoms with E-state index in [-0.39, 0.29) is 23.0 Å². The number of rotatable bonds is 2. The van der Waals surface area contributed by atoms with Crippen LogP contribution in [0.4, 0.5) is 5.82 Å². The van der Waals surface area contributed by atoms with Gasteiger partial charge in [-0.3, -0.25) is 9.89 Å². The highest BCUT2D eigenvalue weighted by Crippen LogP contribution is 2.10. The van der Waals surface area contributed by atoms with E-state index in [0.717, 1.165) is 0 Å². The van der Waals surface area contributed by atoms with Crippen molar-refractivity contribution in [3.8, 4) is 6.07 Å². The van der Waals surface area contributed by atoms with Crippen molar-refractivity contribution in [3.63, 3.8) is 0 Å². The first-order chi connectivity index (χ1) is 7.70. The van der Waals surface area contributed by atoms with Gasteiger partial charge >= 0.3 is 0 Å². The highest BCUT2D eigenvalue weighted by molar-refractivity contribution is 6.02. The summed E-state index contributed by atoms with van der Waals surface area (Å²) in [6, 6.07) is 1.90. The van der Waals surface area contributed by atoms with Crippen LogP contribution in [-0.4, -0.2) is 25.7 Å². The van der Waals surface area contributed by atoms with Gasteiger partial charge in [-0.15, -0.1) is 0 Å². The van der Waals surface area contributed by atoms with E-state index < -0.39 is 0 Å². The van der Waals surface area contributed by atoms with E-state index in [2.05, 4.69) is 20.5 Å². The van der Waals surface area contributed by atoms with Crippen LogP contribution in [-0.2, 0) is 7.05 Å². The van der Waals surface area contributed by atoms with Crippen molar-refractivity contribution in [2.75, 3.05) is 5.32 Å². The molecule has 0 fully saturated rings. The molecule has 7 heteroatoms. The standard InChI is InChI=1S/C9H8N6O/c1-15-4-7(11-5-15)9(16)13-8-6(2-10)3-12-14-8/h3-5H,1H3,(H2,12,13,14,16). The van der Waals surface area contributed by atoms with Crippen LogP contribution in [0.5, 0.6) is 0 Å². The van der Waals surface area contributed by atoms with Crippen LogP contribution < -0.4 is 5.32 Å². The summed E-state index contributed by atoms with van der Waals surface area (Å²) in [6.07, 6.45) is 4.44. The van der Waals surface area contributed by atoms with E-state index in [9.17, 15) is 4.79 Å². The van der Waals surface area contributed by atoms with Crippen LogP contribution in [0.1, 0.15) is 16.1 Å². The van der Waals surface area contributed by atoms with E-state index in [4.69, 9.17) is 5.26 Å². The zero-order valence-electron chi connectivity index (χ0n) is 8.43. The van der Waals surface area contributed by atoms with Crippen molar-refractivity contribution < 1.29 is 4.79 Å². The molecule has 0 aliphatic carbocycles. The number of nitrogens with one attached hydrogen (secondary N) is 2. The molecular formula is C9H8N6O. The van der Waals surface area contributed by atoms with Crippen LogP contribution in [0.15, 0.2) is 18.7 Å². The Labute approximate surface area is 90.7 Å². The van der Waals surface area contributed by atoms with E-state index >= 15 is 0 Å². The van der Waals surface area contributed by atoms with Gasteiger partial charge in [-0.2, -0.15) is 10.4 Å². The smallest absolute Gasteiger partial charge is 0.277 e. The first-order valence-corrected chi connectivity index (χ1v) is 4.43. The molecule has 2 aromatic heterocycles. The van der Waals surface area contributed by atoms with Crippen LogP contribution in [0.3, 0.4) is 0 Å². The second-order valence-corrected chi connectivity index (χ2v) is 3.15. The van der Waals surface area contributed by atoms with Gasteiger partial charge < -0.3 is 9.88 Å². The Morgan fingerprint density at radius 3 is 3.12 bits per heavy atom. The molecule has 80 valence electrons. The SMILES string of the molecule is Cn1cnc(C(=O)Nc2[nH]ncc2C#N)c1. The lowest BCUT2D eigenvalue weighted by Gasteiger charge is -1.99. The highest BCUT2D eigenvalue weighted by Gasteiger charge is 2.12. The highest BCUT2D eigenvalue weighted by atomic mass is 16.2. The number of carbonyl (C=O) groups is 1. The number of hydrogen-bond acceptors (Lipinski definition) is 4. The largest absolute Gasteiger partial charge is 0.340 e. The Balaban J connectivity index is 2.17. The first kappa shape index (κ1) is 9.92. The van der Waals surface area contributed by atoms with Gasteiger partial charge in [0, 0.05) is 13.2 Å². The third-order valence-corrected chi connectivity index (χ3v) is 1.94. The summed E-state index contributed by atoms with van der Waals surface area (Å²) in [7, 11) is 1.76. The molecule has 0 spiro atoms. The van der Waals surface area contributed by atoms with E-state index in [1.165, 1.54) is 12.5 Å². The first-order valence-electron chi connectivity index (χ1n) is 4.43. The Hall–Kier alpha value is -2.62. The normalized spacial score (nSPS) is 9.75. The fourth-order valence-electron chi connectivity index (χ4n) is 1.17. The number of anilines is 1. The molecule has 2 rings (SSSR count). The number of nitrogens with zero attached hydrogens (tertiary/aromatic N) is 4. The summed E-state index contributed by atoms with van der Waals surface area (Å²) < 4.78 is 1.66. The maximum Gasteiger partial charge on any atom is 0.277 e. The quantitative estimate of drug-likeness (QED) is 0.752. The van der Waals surface area contributed by atoms with E-state index in [1.54, 1.807) is 17.8 Å². The maximum atomic E-state index is 11.6. The second-order valence-electron chi connectivity index (χ2n) is 3.15. The van der Waals surface area contributed by atoms with Gasteiger partial charge in [-0.05, 0) is 0 Å². The molecule has 7 nitrogen and oxygen atoms in total. The Morgan fingerprint density at radius 2 is 2.50 bits per heavy atom. The molecule has 0 bridgehead atoms. The zero-order chi connectivity index (χ0) is 11.5. The fourth-order valence-corrected chi connectivity index (χ4v) is 1.17. The molecule has 0 aromatic carbocycles. The predicted octanol–water partition coefficient (Wildman–Crippen LogP) is 0.267. The fraction of sp³-hybridized carbons (Fsp3) is 0.111. The summed E-state index contributed by atoms with van der Waals surface area (Å²) >= 11 is 0. The summed E-state index contributed by atoms with van der Waals surface area (Å²) in [5, 5.41) is 17.4. The summed E-state index contributed by atoms with van der Waals surface area (Å²) in [5.41, 5.74) is 0.560. The molecule has 0 saturated heterocycles. The van der Waals surface area contributed by atoms with Crippen molar-refractivity contribution in [2.24, 2.45) is 7.05 Å². The number of aromatic nitrogens is 4.